The smallest absolute Gasteiger partial charge is 0.277 e. The molecular weight excluding hydrogens is 306 g/mol. The van der Waals surface area contributed by atoms with Gasteiger partial charge in [0.1, 0.15) is 6.61 Å². The summed E-state index contributed by atoms with van der Waals surface area (Å²) in [6.07, 6.45) is 0.868. The highest BCUT2D eigenvalue weighted by molar-refractivity contribution is 6.05. The number of allylic oxidation sites excluding steroid dienone is 1. The van der Waals surface area contributed by atoms with Crippen molar-refractivity contribution in [3.8, 4) is 12.0 Å². The van der Waals surface area contributed by atoms with Crippen LogP contribution in [-0.4, -0.2) is 34.8 Å². The molecule has 0 unspecified atom stereocenters. The van der Waals surface area contributed by atoms with Gasteiger partial charge in [-0.15, -0.1) is 0 Å². The first-order chi connectivity index (χ1) is 11.7. The molecule has 3 rings (SSSR count). The van der Waals surface area contributed by atoms with Crippen molar-refractivity contribution in [3.63, 3.8) is 0 Å². The summed E-state index contributed by atoms with van der Waals surface area (Å²) in [5.41, 5.74) is 4.16. The van der Waals surface area contributed by atoms with E-state index in [9.17, 15) is 9.59 Å². The van der Waals surface area contributed by atoms with Crippen LogP contribution in [0.1, 0.15) is 25.3 Å². The van der Waals surface area contributed by atoms with Gasteiger partial charge < -0.3 is 9.64 Å². The second-order valence-electron chi connectivity index (χ2n) is 5.56. The standard InChI is InChI=1S/C18H19N3O3/c1-2-10-20-13-19-21-11-6-9-15(22)17(16(21)18(20)23)24-12-14-7-4-3-5-8-14/h3-5,7-8,19H,2,9-10,12-13H2,1H3. The van der Waals surface area contributed by atoms with Crippen LogP contribution in [0.2, 0.25) is 0 Å². The topological polar surface area (TPSA) is 61.9 Å². The van der Waals surface area contributed by atoms with Crippen LogP contribution in [0.3, 0.4) is 0 Å². The molecule has 6 nitrogen and oxygen atoms in total. The minimum Gasteiger partial charge on any atom is -0.483 e. The number of fused-ring (bicyclic) bond motifs is 1. The lowest BCUT2D eigenvalue weighted by Gasteiger charge is -2.34. The Morgan fingerprint density at radius 1 is 1.25 bits per heavy atom. The summed E-state index contributed by atoms with van der Waals surface area (Å²) in [6, 6.07) is 12.3. The molecule has 1 fully saturated rings. The number of nitrogens with zero attached hydrogens (tertiary/aromatic N) is 2. The van der Waals surface area contributed by atoms with Gasteiger partial charge in [0.15, 0.2) is 11.5 Å². The zero-order chi connectivity index (χ0) is 16.9. The van der Waals surface area contributed by atoms with Gasteiger partial charge in [-0.2, -0.15) is 0 Å². The maximum absolute atomic E-state index is 12.8. The van der Waals surface area contributed by atoms with Crippen molar-refractivity contribution in [2.45, 2.75) is 26.4 Å². The highest BCUT2D eigenvalue weighted by atomic mass is 16.5. The number of benzene rings is 1. The number of amides is 1. The van der Waals surface area contributed by atoms with Gasteiger partial charge in [0.05, 0.1) is 13.1 Å². The Balaban J connectivity index is 1.90. The van der Waals surface area contributed by atoms with Crippen LogP contribution in [-0.2, 0) is 20.9 Å². The summed E-state index contributed by atoms with van der Waals surface area (Å²) in [5.74, 6) is 2.32. The second-order valence-corrected chi connectivity index (χ2v) is 5.56. The van der Waals surface area contributed by atoms with E-state index in [2.05, 4.69) is 17.4 Å². The van der Waals surface area contributed by atoms with Crippen LogP contribution < -0.4 is 5.43 Å². The van der Waals surface area contributed by atoms with Gasteiger partial charge >= 0.3 is 0 Å². The van der Waals surface area contributed by atoms with E-state index in [1.165, 1.54) is 5.01 Å². The molecule has 0 radical (unpaired) electrons. The van der Waals surface area contributed by atoms with E-state index in [4.69, 9.17) is 4.74 Å². The molecule has 1 aromatic rings. The molecule has 0 saturated carbocycles. The van der Waals surface area contributed by atoms with Gasteiger partial charge in [-0.05, 0) is 12.0 Å². The van der Waals surface area contributed by atoms with E-state index in [0.717, 1.165) is 12.0 Å². The number of carbonyl (C=O) groups is 2. The molecular formula is C18H19N3O3. The normalized spacial score (nSPS) is 17.2. The Bertz CT molecular complexity index is 731. The van der Waals surface area contributed by atoms with Crippen molar-refractivity contribution in [2.24, 2.45) is 0 Å². The first-order valence-corrected chi connectivity index (χ1v) is 7.96. The lowest BCUT2D eigenvalue weighted by molar-refractivity contribution is -0.134. The maximum atomic E-state index is 12.8. The van der Waals surface area contributed by atoms with E-state index < -0.39 is 0 Å². The quantitative estimate of drug-likeness (QED) is 0.829. The Morgan fingerprint density at radius 3 is 2.79 bits per heavy atom. The fourth-order valence-electron chi connectivity index (χ4n) is 2.59. The SMILES string of the molecule is CCCN1CNN2C#CCC(=O)C(OCc3ccccc3)=C2C1=O. The highest BCUT2D eigenvalue weighted by Gasteiger charge is 2.35. The number of rotatable bonds is 5. The second kappa shape index (κ2) is 7.20. The first-order valence-electron chi connectivity index (χ1n) is 7.96. The van der Waals surface area contributed by atoms with Crippen LogP contribution in [0.25, 0.3) is 0 Å². The molecule has 0 spiro atoms. The van der Waals surface area contributed by atoms with Gasteiger partial charge in [0, 0.05) is 12.6 Å². The van der Waals surface area contributed by atoms with E-state index in [0.29, 0.717) is 13.2 Å². The molecule has 0 aliphatic carbocycles. The Morgan fingerprint density at radius 2 is 2.04 bits per heavy atom. The molecule has 0 atom stereocenters. The van der Waals surface area contributed by atoms with Crippen LogP contribution in [0, 0.1) is 12.0 Å². The van der Waals surface area contributed by atoms with Crippen molar-refractivity contribution in [1.82, 2.24) is 15.3 Å². The fourth-order valence-corrected chi connectivity index (χ4v) is 2.59. The number of hydrogen-bond donors (Lipinski definition) is 1. The maximum Gasteiger partial charge on any atom is 0.277 e. The monoisotopic (exact) mass is 325 g/mol. The van der Waals surface area contributed by atoms with Gasteiger partial charge in [-0.1, -0.05) is 43.2 Å². The number of hydrazine groups is 1. The van der Waals surface area contributed by atoms with Gasteiger partial charge in [0.25, 0.3) is 5.91 Å². The van der Waals surface area contributed by atoms with Crippen molar-refractivity contribution >= 4 is 11.7 Å². The molecule has 1 amide bonds. The van der Waals surface area contributed by atoms with Crippen molar-refractivity contribution < 1.29 is 14.3 Å². The van der Waals surface area contributed by atoms with E-state index in [1.807, 2.05) is 37.3 Å². The lowest BCUT2D eigenvalue weighted by Crippen LogP contribution is -2.54. The largest absolute Gasteiger partial charge is 0.483 e. The molecule has 1 aromatic carbocycles. The fraction of sp³-hybridized carbons (Fsp3) is 0.333. The van der Waals surface area contributed by atoms with Crippen LogP contribution >= 0.6 is 0 Å². The molecule has 2 heterocycles. The van der Waals surface area contributed by atoms with Crippen LogP contribution in [0.5, 0.6) is 0 Å². The summed E-state index contributed by atoms with van der Waals surface area (Å²) in [5, 5.41) is 1.42. The molecule has 24 heavy (non-hydrogen) atoms. The lowest BCUT2D eigenvalue weighted by atomic mass is 10.2. The van der Waals surface area contributed by atoms with Gasteiger partial charge in [0.2, 0.25) is 5.78 Å². The molecule has 2 aliphatic heterocycles. The molecule has 6 heteroatoms. The van der Waals surface area contributed by atoms with E-state index in [1.54, 1.807) is 4.90 Å². The van der Waals surface area contributed by atoms with Crippen LogP contribution in [0.4, 0.5) is 0 Å². The summed E-state index contributed by atoms with van der Waals surface area (Å²) >= 11 is 0. The Labute approximate surface area is 141 Å². The van der Waals surface area contributed by atoms with Crippen molar-refractivity contribution in [1.29, 1.82) is 0 Å². The van der Waals surface area contributed by atoms with Gasteiger partial charge in [-0.25, -0.2) is 10.4 Å². The number of ether oxygens (including phenoxy) is 1. The summed E-state index contributed by atoms with van der Waals surface area (Å²) in [6.45, 7) is 3.20. The molecule has 0 bridgehead atoms. The van der Waals surface area contributed by atoms with Crippen molar-refractivity contribution in [2.75, 3.05) is 13.2 Å². The first kappa shape index (κ1) is 16.1. The highest BCUT2D eigenvalue weighted by Crippen LogP contribution is 2.21. The third-order valence-electron chi connectivity index (χ3n) is 3.76. The minimum atomic E-state index is -0.274. The summed E-state index contributed by atoms with van der Waals surface area (Å²) in [7, 11) is 0. The third-order valence-corrected chi connectivity index (χ3v) is 3.76. The minimum absolute atomic E-state index is 0.0346. The molecule has 2 aliphatic rings. The summed E-state index contributed by atoms with van der Waals surface area (Å²) in [4.78, 5) is 26.8. The Kier molecular flexibility index (Phi) is 4.82. The summed E-state index contributed by atoms with van der Waals surface area (Å²) < 4.78 is 5.75. The average Bonchev–Trinajstić information content (AvgIpc) is 2.76. The average molecular weight is 325 g/mol. The van der Waals surface area contributed by atoms with Gasteiger partial charge in [-0.3, -0.25) is 9.59 Å². The zero-order valence-electron chi connectivity index (χ0n) is 13.5. The Hall–Kier alpha value is -2.78. The third kappa shape index (κ3) is 3.26. The molecule has 1 saturated heterocycles. The predicted octanol–water partition coefficient (Wildman–Crippen LogP) is 1.36. The predicted molar refractivity (Wildman–Crippen MR) is 87.5 cm³/mol. The van der Waals surface area contributed by atoms with E-state index >= 15 is 0 Å². The number of nitrogens with one attached hydrogen (secondary N) is 1. The number of ketones is 1. The number of hydrogen-bond acceptors (Lipinski definition) is 5. The molecule has 0 aromatic heterocycles. The molecule has 1 N–H and O–H groups in total. The van der Waals surface area contributed by atoms with E-state index in [-0.39, 0.29) is 36.2 Å². The molecule has 124 valence electrons. The van der Waals surface area contributed by atoms with Crippen LogP contribution in [0.15, 0.2) is 41.8 Å². The number of carbonyl (C=O) groups excluding carboxylic acids is 2. The zero-order valence-corrected chi connectivity index (χ0v) is 13.5. The van der Waals surface area contributed by atoms with Crippen molar-refractivity contribution in [3.05, 3.63) is 47.4 Å². The number of Topliss-reactive ketones (excluding diaryl/α,β-unsaturated/α-hetero) is 1.